The van der Waals surface area contributed by atoms with Gasteiger partial charge in [-0.1, -0.05) is 44.5 Å². The molecular weight excluding hydrogens is 197 g/mol. The summed E-state index contributed by atoms with van der Waals surface area (Å²) in [5.74, 6) is 0.595. The molecule has 1 heterocycles. The van der Waals surface area contributed by atoms with Crippen LogP contribution in [-0.2, 0) is 11.1 Å². The number of hydrogen-bond acceptors (Lipinski definition) is 2. The lowest BCUT2D eigenvalue weighted by Crippen LogP contribution is -2.33. The van der Waals surface area contributed by atoms with Crippen LogP contribution in [0.25, 0.3) is 0 Å². The largest absolute Gasteiger partial charge is 0.416 e. The minimum atomic E-state index is 0.244. The Balaban J connectivity index is 1.82. The molecule has 84 valence electrons. The van der Waals surface area contributed by atoms with Crippen LogP contribution in [0, 0.1) is 0 Å². The summed E-state index contributed by atoms with van der Waals surface area (Å²) in [6.45, 7) is 4.47. The van der Waals surface area contributed by atoms with Crippen molar-refractivity contribution >= 4 is 7.05 Å². The van der Waals surface area contributed by atoms with Gasteiger partial charge in [0.2, 0.25) is 0 Å². The van der Waals surface area contributed by atoms with Crippen molar-refractivity contribution in [2.24, 2.45) is 0 Å². The van der Waals surface area contributed by atoms with E-state index in [1.165, 1.54) is 17.5 Å². The van der Waals surface area contributed by atoms with E-state index in [1.54, 1.807) is 0 Å². The number of nitrogens with one attached hydrogen (secondary N) is 1. The zero-order chi connectivity index (χ0) is 11.1. The highest BCUT2D eigenvalue weighted by atomic mass is 16.5. The molecule has 0 amide bonds. The Labute approximate surface area is 97.5 Å². The first kappa shape index (κ1) is 10.4. The van der Waals surface area contributed by atoms with E-state index in [2.05, 4.69) is 43.3 Å². The van der Waals surface area contributed by atoms with Gasteiger partial charge < -0.3 is 9.88 Å². The zero-order valence-electron chi connectivity index (χ0n) is 9.94. The van der Waals surface area contributed by atoms with Crippen molar-refractivity contribution in [2.45, 2.75) is 44.7 Å². The Morgan fingerprint density at radius 2 is 2.31 bits per heavy atom. The maximum Gasteiger partial charge on any atom is 0.383 e. The topological polar surface area (TPSA) is 21.3 Å². The van der Waals surface area contributed by atoms with E-state index in [9.17, 15) is 0 Å². The van der Waals surface area contributed by atoms with E-state index in [1.807, 2.05) is 0 Å². The van der Waals surface area contributed by atoms with Gasteiger partial charge in [0.05, 0.1) is 6.10 Å². The van der Waals surface area contributed by atoms with Crippen molar-refractivity contribution in [3.05, 3.63) is 35.4 Å². The van der Waals surface area contributed by atoms with Crippen LogP contribution in [0.1, 0.15) is 37.4 Å². The lowest BCUT2D eigenvalue weighted by molar-refractivity contribution is 0.221. The Hall–Kier alpha value is -0.795. The third-order valence-corrected chi connectivity index (χ3v) is 4.01. The number of rotatable bonds is 2. The van der Waals surface area contributed by atoms with Crippen LogP contribution in [0.4, 0.5) is 0 Å². The molecule has 3 rings (SSSR count). The lowest BCUT2D eigenvalue weighted by Gasteiger charge is -2.14. The van der Waals surface area contributed by atoms with Gasteiger partial charge >= 0.3 is 7.05 Å². The van der Waals surface area contributed by atoms with Crippen molar-refractivity contribution in [3.63, 3.8) is 0 Å². The molecule has 0 bridgehead atoms. The van der Waals surface area contributed by atoms with Gasteiger partial charge in [-0.15, -0.1) is 0 Å². The molecule has 2 nitrogen and oxygen atoms in total. The molecule has 1 N–H and O–H groups in total. The molecule has 1 aliphatic carbocycles. The van der Waals surface area contributed by atoms with E-state index in [4.69, 9.17) is 4.65 Å². The minimum absolute atomic E-state index is 0.244. The second kappa shape index (κ2) is 3.90. The van der Waals surface area contributed by atoms with Crippen LogP contribution in [0.2, 0.25) is 5.82 Å². The number of benzene rings is 1. The molecule has 0 aromatic heterocycles. The van der Waals surface area contributed by atoms with E-state index in [0.29, 0.717) is 18.0 Å². The Morgan fingerprint density at radius 3 is 3.12 bits per heavy atom. The molecule has 1 saturated heterocycles. The fraction of sp³-hybridized carbons (Fsp3) is 0.538. The SMILES string of the molecule is CCC(C)B1NC2c3ccccc3CC2O1. The summed E-state index contributed by atoms with van der Waals surface area (Å²) < 4.78 is 6.11. The zero-order valence-corrected chi connectivity index (χ0v) is 9.94. The number of hydrogen-bond donors (Lipinski definition) is 1. The predicted octanol–water partition coefficient (Wildman–Crippen LogP) is 2.56. The third kappa shape index (κ3) is 1.50. The van der Waals surface area contributed by atoms with E-state index in [0.717, 1.165) is 6.42 Å². The van der Waals surface area contributed by atoms with Crippen LogP contribution >= 0.6 is 0 Å². The van der Waals surface area contributed by atoms with Crippen LogP contribution < -0.4 is 5.23 Å². The quantitative estimate of drug-likeness (QED) is 0.765. The first-order valence-electron chi connectivity index (χ1n) is 6.29. The summed E-state index contributed by atoms with van der Waals surface area (Å²) in [6.07, 6.45) is 2.59. The Morgan fingerprint density at radius 1 is 1.50 bits per heavy atom. The summed E-state index contributed by atoms with van der Waals surface area (Å²) in [4.78, 5) is 0. The first-order chi connectivity index (χ1) is 7.79. The second-order valence-corrected chi connectivity index (χ2v) is 5.03. The summed E-state index contributed by atoms with van der Waals surface area (Å²) in [6, 6.07) is 9.12. The van der Waals surface area contributed by atoms with E-state index >= 15 is 0 Å². The highest BCUT2D eigenvalue weighted by Gasteiger charge is 2.44. The van der Waals surface area contributed by atoms with Gasteiger partial charge in [-0.2, -0.15) is 0 Å². The summed E-state index contributed by atoms with van der Waals surface area (Å²) >= 11 is 0. The maximum atomic E-state index is 6.11. The molecule has 2 aliphatic rings. The van der Waals surface area contributed by atoms with Crippen LogP contribution in [0.5, 0.6) is 0 Å². The van der Waals surface area contributed by atoms with E-state index in [-0.39, 0.29) is 7.05 Å². The average molecular weight is 215 g/mol. The highest BCUT2D eigenvalue weighted by Crippen LogP contribution is 2.39. The Kier molecular flexibility index (Phi) is 2.53. The maximum absolute atomic E-state index is 6.11. The first-order valence-corrected chi connectivity index (χ1v) is 6.29. The number of fused-ring (bicyclic) bond motifs is 3. The molecule has 1 aromatic rings. The lowest BCUT2D eigenvalue weighted by atomic mass is 9.67. The van der Waals surface area contributed by atoms with Crippen LogP contribution in [-0.4, -0.2) is 13.2 Å². The van der Waals surface area contributed by atoms with Gasteiger partial charge in [0, 0.05) is 6.04 Å². The molecule has 0 radical (unpaired) electrons. The van der Waals surface area contributed by atoms with Gasteiger partial charge in [-0.3, -0.25) is 0 Å². The van der Waals surface area contributed by atoms with Crippen LogP contribution in [0.3, 0.4) is 0 Å². The van der Waals surface area contributed by atoms with Crippen molar-refractivity contribution in [2.75, 3.05) is 0 Å². The monoisotopic (exact) mass is 215 g/mol. The van der Waals surface area contributed by atoms with Gasteiger partial charge in [-0.05, 0) is 23.4 Å². The minimum Gasteiger partial charge on any atom is -0.416 e. The Bertz CT molecular complexity index is 395. The van der Waals surface area contributed by atoms with E-state index < -0.39 is 0 Å². The van der Waals surface area contributed by atoms with Crippen molar-refractivity contribution < 1.29 is 4.65 Å². The molecule has 1 fully saturated rings. The van der Waals surface area contributed by atoms with Crippen molar-refractivity contribution in [3.8, 4) is 0 Å². The fourth-order valence-corrected chi connectivity index (χ4v) is 2.80. The smallest absolute Gasteiger partial charge is 0.383 e. The molecule has 1 aromatic carbocycles. The van der Waals surface area contributed by atoms with Crippen LogP contribution in [0.15, 0.2) is 24.3 Å². The molecule has 3 heteroatoms. The molecular formula is C13H18BNO. The fourth-order valence-electron chi connectivity index (χ4n) is 2.80. The molecule has 1 aliphatic heterocycles. The van der Waals surface area contributed by atoms with Gasteiger partial charge in [0.1, 0.15) is 0 Å². The van der Waals surface area contributed by atoms with Gasteiger partial charge in [0.25, 0.3) is 0 Å². The summed E-state index contributed by atoms with van der Waals surface area (Å²) in [7, 11) is 0.244. The predicted molar refractivity (Wildman–Crippen MR) is 66.4 cm³/mol. The third-order valence-electron chi connectivity index (χ3n) is 4.01. The van der Waals surface area contributed by atoms with Crippen molar-refractivity contribution in [1.29, 1.82) is 0 Å². The summed E-state index contributed by atoms with van der Waals surface area (Å²) in [5, 5.41) is 3.64. The molecule has 3 unspecified atom stereocenters. The van der Waals surface area contributed by atoms with Gasteiger partial charge in [0.15, 0.2) is 0 Å². The summed E-state index contributed by atoms with van der Waals surface area (Å²) in [5.41, 5.74) is 2.89. The molecule has 3 atom stereocenters. The van der Waals surface area contributed by atoms with Gasteiger partial charge in [-0.25, -0.2) is 0 Å². The average Bonchev–Trinajstić information content (AvgIpc) is 2.85. The molecule has 16 heavy (non-hydrogen) atoms. The second-order valence-electron chi connectivity index (χ2n) is 5.03. The molecule has 0 spiro atoms. The standard InChI is InChI=1S/C13H18BNO/c1-3-9(2)14-15-13-11-7-5-4-6-10(11)8-12(13)16-14/h4-7,9,12-13,15H,3,8H2,1-2H3. The highest BCUT2D eigenvalue weighted by molar-refractivity contribution is 6.51. The normalized spacial score (nSPS) is 29.0. The molecule has 0 saturated carbocycles. The van der Waals surface area contributed by atoms with Crippen molar-refractivity contribution in [1.82, 2.24) is 5.23 Å².